The van der Waals surface area contributed by atoms with Gasteiger partial charge < -0.3 is 4.52 Å². The lowest BCUT2D eigenvalue weighted by molar-refractivity contribution is 0.101. The van der Waals surface area contributed by atoms with Crippen molar-refractivity contribution >= 4 is 28.9 Å². The van der Waals surface area contributed by atoms with E-state index in [0.29, 0.717) is 39.6 Å². The number of thiophene rings is 1. The van der Waals surface area contributed by atoms with Gasteiger partial charge in [0, 0.05) is 5.38 Å². The van der Waals surface area contributed by atoms with Crippen LogP contribution in [0, 0.1) is 13.8 Å². The molecule has 3 aromatic heterocycles. The van der Waals surface area contributed by atoms with Crippen LogP contribution < -0.4 is 0 Å². The van der Waals surface area contributed by atoms with Crippen molar-refractivity contribution < 1.29 is 9.32 Å². The minimum Gasteiger partial charge on any atom is -0.334 e. The molecule has 0 unspecified atom stereocenters. The molecule has 8 heteroatoms. The van der Waals surface area contributed by atoms with E-state index >= 15 is 0 Å². The summed E-state index contributed by atoms with van der Waals surface area (Å²) < 4.78 is 5.26. The first-order chi connectivity index (χ1) is 11.0. The van der Waals surface area contributed by atoms with Crippen LogP contribution in [0.3, 0.4) is 0 Å². The molecule has 0 fully saturated rings. The van der Waals surface area contributed by atoms with Gasteiger partial charge in [0.15, 0.2) is 11.6 Å². The largest absolute Gasteiger partial charge is 0.334 e. The van der Waals surface area contributed by atoms with Crippen LogP contribution in [0.4, 0.5) is 0 Å². The van der Waals surface area contributed by atoms with Crippen molar-refractivity contribution in [3.63, 3.8) is 0 Å². The second kappa shape index (κ2) is 6.59. The Bertz CT molecular complexity index is 843. The van der Waals surface area contributed by atoms with E-state index < -0.39 is 0 Å². The van der Waals surface area contributed by atoms with Gasteiger partial charge in [-0.2, -0.15) is 16.3 Å². The summed E-state index contributed by atoms with van der Waals surface area (Å²) in [6, 6.07) is 1.93. The summed E-state index contributed by atoms with van der Waals surface area (Å²) in [5.74, 6) is 2.14. The van der Waals surface area contributed by atoms with Crippen LogP contribution in [0.15, 0.2) is 26.4 Å². The number of carbonyl (C=O) groups excluding carboxylic acids is 1. The van der Waals surface area contributed by atoms with E-state index in [-0.39, 0.29) is 5.78 Å². The summed E-state index contributed by atoms with van der Waals surface area (Å²) in [7, 11) is 0. The molecular formula is C15H14N4O2S2. The first-order valence-corrected chi connectivity index (χ1v) is 8.81. The van der Waals surface area contributed by atoms with E-state index in [9.17, 15) is 4.79 Å². The molecule has 0 saturated carbocycles. The standard InChI is InChI=1S/C15H14N4O2S2/c1-8-13(9(2)20)15(17-10(3)16-8)23-7-12-18-14(21-19-12)11-4-5-22-6-11/h4-6H,7H2,1-3H3. The number of aromatic nitrogens is 4. The average molecular weight is 346 g/mol. The Morgan fingerprint density at radius 3 is 2.83 bits per heavy atom. The lowest BCUT2D eigenvalue weighted by Gasteiger charge is -2.08. The molecule has 0 saturated heterocycles. The molecule has 0 aromatic carbocycles. The Hall–Kier alpha value is -2.06. The smallest absolute Gasteiger partial charge is 0.258 e. The summed E-state index contributed by atoms with van der Waals surface area (Å²) >= 11 is 2.99. The van der Waals surface area contributed by atoms with Crippen LogP contribution in [-0.2, 0) is 5.75 Å². The molecule has 0 radical (unpaired) electrons. The van der Waals surface area contributed by atoms with Crippen molar-refractivity contribution in [3.8, 4) is 11.5 Å². The summed E-state index contributed by atoms with van der Waals surface area (Å²) in [5, 5.41) is 8.54. The van der Waals surface area contributed by atoms with Crippen LogP contribution in [0.1, 0.15) is 34.6 Å². The first kappa shape index (κ1) is 15.8. The molecule has 0 N–H and O–H groups in total. The molecule has 0 aliphatic carbocycles. The van der Waals surface area contributed by atoms with Gasteiger partial charge in [0.05, 0.1) is 22.6 Å². The van der Waals surface area contributed by atoms with Crippen molar-refractivity contribution in [2.24, 2.45) is 0 Å². The van der Waals surface area contributed by atoms with Crippen molar-refractivity contribution in [2.45, 2.75) is 31.6 Å². The highest BCUT2D eigenvalue weighted by Crippen LogP contribution is 2.27. The zero-order valence-electron chi connectivity index (χ0n) is 12.9. The number of rotatable bonds is 5. The van der Waals surface area contributed by atoms with Crippen molar-refractivity contribution in [1.82, 2.24) is 20.1 Å². The minimum absolute atomic E-state index is 0.0444. The summed E-state index contributed by atoms with van der Waals surface area (Å²) in [4.78, 5) is 24.8. The summed E-state index contributed by atoms with van der Waals surface area (Å²) in [6.45, 7) is 5.15. The van der Waals surface area contributed by atoms with Crippen LogP contribution in [-0.4, -0.2) is 25.9 Å². The van der Waals surface area contributed by atoms with Gasteiger partial charge >= 0.3 is 0 Å². The molecule has 0 aliphatic rings. The molecule has 6 nitrogen and oxygen atoms in total. The lowest BCUT2D eigenvalue weighted by Crippen LogP contribution is -2.06. The van der Waals surface area contributed by atoms with Gasteiger partial charge in [-0.05, 0) is 32.2 Å². The highest BCUT2D eigenvalue weighted by molar-refractivity contribution is 7.98. The molecule has 0 atom stereocenters. The van der Waals surface area contributed by atoms with Gasteiger partial charge in [-0.25, -0.2) is 9.97 Å². The molecule has 0 aliphatic heterocycles. The Morgan fingerprint density at radius 1 is 1.30 bits per heavy atom. The number of thioether (sulfide) groups is 1. The van der Waals surface area contributed by atoms with Crippen LogP contribution in [0.25, 0.3) is 11.5 Å². The fourth-order valence-electron chi connectivity index (χ4n) is 2.14. The fourth-order valence-corrected chi connectivity index (χ4v) is 3.79. The SMILES string of the molecule is CC(=O)c1c(C)nc(C)nc1SCc1noc(-c2ccsc2)n1. The maximum Gasteiger partial charge on any atom is 0.258 e. The van der Waals surface area contributed by atoms with E-state index in [0.717, 1.165) is 5.56 Å². The quantitative estimate of drug-likeness (QED) is 0.396. The molecule has 0 amide bonds. The van der Waals surface area contributed by atoms with Gasteiger partial charge in [-0.1, -0.05) is 16.9 Å². The van der Waals surface area contributed by atoms with Gasteiger partial charge in [0.1, 0.15) is 10.9 Å². The molecule has 3 aromatic rings. The molecule has 0 bridgehead atoms. The molecular weight excluding hydrogens is 332 g/mol. The van der Waals surface area contributed by atoms with Gasteiger partial charge in [-0.3, -0.25) is 4.79 Å². The van der Waals surface area contributed by atoms with Gasteiger partial charge in [0.2, 0.25) is 0 Å². The predicted octanol–water partition coefficient (Wildman–Crippen LogP) is 3.70. The van der Waals surface area contributed by atoms with E-state index in [4.69, 9.17) is 4.52 Å². The van der Waals surface area contributed by atoms with E-state index in [1.807, 2.05) is 30.7 Å². The first-order valence-electron chi connectivity index (χ1n) is 6.88. The lowest BCUT2D eigenvalue weighted by atomic mass is 10.2. The maximum absolute atomic E-state index is 11.8. The average Bonchev–Trinajstić information content (AvgIpc) is 3.15. The highest BCUT2D eigenvalue weighted by atomic mass is 32.2. The zero-order chi connectivity index (χ0) is 16.4. The number of hydrogen-bond donors (Lipinski definition) is 0. The normalized spacial score (nSPS) is 10.9. The molecule has 118 valence electrons. The Labute approximate surface area is 141 Å². The van der Waals surface area contributed by atoms with Crippen LogP contribution in [0.2, 0.25) is 0 Å². The summed E-state index contributed by atoms with van der Waals surface area (Å²) in [6.07, 6.45) is 0. The van der Waals surface area contributed by atoms with Gasteiger partial charge in [0.25, 0.3) is 5.89 Å². The number of Topliss-reactive ketones (excluding diaryl/α,β-unsaturated/α-hetero) is 1. The third-order valence-corrected chi connectivity index (χ3v) is 4.75. The molecule has 3 rings (SSSR count). The van der Waals surface area contributed by atoms with Crippen molar-refractivity contribution in [1.29, 1.82) is 0 Å². The van der Waals surface area contributed by atoms with Crippen LogP contribution >= 0.6 is 23.1 Å². The topological polar surface area (TPSA) is 81.8 Å². The van der Waals surface area contributed by atoms with Crippen LogP contribution in [0.5, 0.6) is 0 Å². The van der Waals surface area contributed by atoms with E-state index in [1.54, 1.807) is 11.3 Å². The molecule has 3 heterocycles. The van der Waals surface area contributed by atoms with E-state index in [2.05, 4.69) is 20.1 Å². The Kier molecular flexibility index (Phi) is 4.53. The Morgan fingerprint density at radius 2 is 2.13 bits per heavy atom. The fraction of sp³-hybridized carbons (Fsp3) is 0.267. The third-order valence-electron chi connectivity index (χ3n) is 3.09. The second-order valence-corrected chi connectivity index (χ2v) is 6.65. The zero-order valence-corrected chi connectivity index (χ0v) is 14.5. The minimum atomic E-state index is -0.0444. The number of aryl methyl sites for hydroxylation is 2. The molecule has 23 heavy (non-hydrogen) atoms. The van der Waals surface area contributed by atoms with E-state index in [1.165, 1.54) is 18.7 Å². The number of ketones is 1. The number of carbonyl (C=O) groups is 1. The third kappa shape index (κ3) is 3.48. The van der Waals surface area contributed by atoms with Crippen molar-refractivity contribution in [3.05, 3.63) is 39.7 Å². The highest BCUT2D eigenvalue weighted by Gasteiger charge is 2.16. The second-order valence-electron chi connectivity index (χ2n) is 4.91. The Balaban J connectivity index is 1.80. The number of hydrogen-bond acceptors (Lipinski definition) is 8. The molecule has 0 spiro atoms. The monoisotopic (exact) mass is 346 g/mol. The van der Waals surface area contributed by atoms with Crippen molar-refractivity contribution in [2.75, 3.05) is 0 Å². The maximum atomic E-state index is 11.8. The summed E-state index contributed by atoms with van der Waals surface area (Å²) in [5.41, 5.74) is 2.17. The predicted molar refractivity (Wildman–Crippen MR) is 88.7 cm³/mol. The van der Waals surface area contributed by atoms with Gasteiger partial charge in [-0.15, -0.1) is 0 Å². The number of nitrogens with zero attached hydrogens (tertiary/aromatic N) is 4.